The Balaban J connectivity index is 2.88. The standard InChI is InChI=1S/C12H18BrN3O/c1-3-4-7-16(2)9-5-6-10(11(13)8-9)12(14)15-17/h5-6,8,17H,3-4,7H2,1-2H3,(H2,14,15). The first-order valence-electron chi connectivity index (χ1n) is 5.58. The molecule has 0 aliphatic rings. The second kappa shape index (κ2) is 6.49. The molecule has 0 atom stereocenters. The van der Waals surface area contributed by atoms with Gasteiger partial charge in [0.1, 0.15) is 0 Å². The SMILES string of the molecule is CCCCN(C)c1ccc(/C(N)=N/O)c(Br)c1. The second-order valence-corrected chi connectivity index (χ2v) is 4.78. The Hall–Kier alpha value is -1.23. The number of nitrogens with zero attached hydrogens (tertiary/aromatic N) is 2. The summed E-state index contributed by atoms with van der Waals surface area (Å²) in [5.41, 5.74) is 7.36. The van der Waals surface area contributed by atoms with Gasteiger partial charge in [-0.15, -0.1) is 0 Å². The van der Waals surface area contributed by atoms with E-state index in [0.717, 1.165) is 23.1 Å². The van der Waals surface area contributed by atoms with Crippen LogP contribution in [-0.4, -0.2) is 24.6 Å². The molecule has 0 saturated carbocycles. The van der Waals surface area contributed by atoms with Gasteiger partial charge in [0, 0.05) is 29.3 Å². The van der Waals surface area contributed by atoms with Crippen molar-refractivity contribution in [1.29, 1.82) is 0 Å². The van der Waals surface area contributed by atoms with E-state index < -0.39 is 0 Å². The van der Waals surface area contributed by atoms with Crippen LogP contribution in [-0.2, 0) is 0 Å². The molecule has 0 aliphatic carbocycles. The zero-order valence-electron chi connectivity index (χ0n) is 10.2. The Kier molecular flexibility index (Phi) is 5.28. The Morgan fingerprint density at radius 1 is 1.53 bits per heavy atom. The summed E-state index contributed by atoms with van der Waals surface area (Å²) in [7, 11) is 2.06. The van der Waals surface area contributed by atoms with Crippen LogP contribution in [0.5, 0.6) is 0 Å². The molecule has 1 aromatic rings. The first-order chi connectivity index (χ1) is 8.10. The van der Waals surface area contributed by atoms with E-state index in [0.29, 0.717) is 5.56 Å². The summed E-state index contributed by atoms with van der Waals surface area (Å²) in [6.07, 6.45) is 2.34. The second-order valence-electron chi connectivity index (χ2n) is 3.92. The lowest BCUT2D eigenvalue weighted by Crippen LogP contribution is -2.19. The maximum atomic E-state index is 8.64. The van der Waals surface area contributed by atoms with Crippen LogP contribution >= 0.6 is 15.9 Å². The molecular weight excluding hydrogens is 282 g/mol. The van der Waals surface area contributed by atoms with Crippen LogP contribution in [0.3, 0.4) is 0 Å². The molecule has 5 heteroatoms. The molecule has 0 unspecified atom stereocenters. The first kappa shape index (κ1) is 13.8. The molecular formula is C12H18BrN3O. The Morgan fingerprint density at radius 2 is 2.24 bits per heavy atom. The lowest BCUT2D eigenvalue weighted by molar-refractivity contribution is 0.318. The fourth-order valence-corrected chi connectivity index (χ4v) is 2.10. The van der Waals surface area contributed by atoms with E-state index >= 15 is 0 Å². The van der Waals surface area contributed by atoms with Crippen molar-refractivity contribution in [3.05, 3.63) is 28.2 Å². The van der Waals surface area contributed by atoms with Crippen molar-refractivity contribution in [2.24, 2.45) is 10.9 Å². The van der Waals surface area contributed by atoms with Crippen LogP contribution < -0.4 is 10.6 Å². The number of nitrogens with two attached hydrogens (primary N) is 1. The van der Waals surface area contributed by atoms with Crippen LogP contribution in [0, 0.1) is 0 Å². The maximum Gasteiger partial charge on any atom is 0.171 e. The highest BCUT2D eigenvalue weighted by atomic mass is 79.9. The monoisotopic (exact) mass is 299 g/mol. The molecule has 1 aromatic carbocycles. The molecule has 3 N–H and O–H groups in total. The average Bonchev–Trinajstić information content (AvgIpc) is 2.34. The summed E-state index contributed by atoms with van der Waals surface area (Å²) in [6, 6.07) is 5.79. The topological polar surface area (TPSA) is 61.8 Å². The number of unbranched alkanes of at least 4 members (excludes halogenated alkanes) is 1. The van der Waals surface area contributed by atoms with Gasteiger partial charge in [0.05, 0.1) is 0 Å². The van der Waals surface area contributed by atoms with E-state index in [1.807, 2.05) is 18.2 Å². The number of halogens is 1. The van der Waals surface area contributed by atoms with Gasteiger partial charge in [-0.25, -0.2) is 0 Å². The van der Waals surface area contributed by atoms with E-state index in [9.17, 15) is 0 Å². The molecule has 0 bridgehead atoms. The minimum absolute atomic E-state index is 0.111. The largest absolute Gasteiger partial charge is 0.409 e. The van der Waals surface area contributed by atoms with E-state index in [1.54, 1.807) is 0 Å². The summed E-state index contributed by atoms with van der Waals surface area (Å²) in [4.78, 5) is 2.18. The van der Waals surface area contributed by atoms with Gasteiger partial charge in [-0.05, 0) is 40.5 Å². The van der Waals surface area contributed by atoms with Crippen LogP contribution in [0.15, 0.2) is 27.8 Å². The number of rotatable bonds is 5. The van der Waals surface area contributed by atoms with Gasteiger partial charge in [0.15, 0.2) is 5.84 Å². The highest BCUT2D eigenvalue weighted by molar-refractivity contribution is 9.10. The summed E-state index contributed by atoms with van der Waals surface area (Å²) in [5.74, 6) is 0.111. The molecule has 0 spiro atoms. The fourth-order valence-electron chi connectivity index (χ4n) is 1.53. The van der Waals surface area contributed by atoms with Crippen molar-refractivity contribution in [3.8, 4) is 0 Å². The summed E-state index contributed by atoms with van der Waals surface area (Å²) in [5, 5.41) is 11.6. The maximum absolute atomic E-state index is 8.64. The smallest absolute Gasteiger partial charge is 0.171 e. The normalized spacial score (nSPS) is 11.6. The van der Waals surface area contributed by atoms with E-state index in [2.05, 4.69) is 40.0 Å². The quantitative estimate of drug-likeness (QED) is 0.380. The van der Waals surface area contributed by atoms with E-state index in [-0.39, 0.29) is 5.84 Å². The molecule has 1 rings (SSSR count). The van der Waals surface area contributed by atoms with Crippen molar-refractivity contribution in [3.63, 3.8) is 0 Å². The minimum Gasteiger partial charge on any atom is -0.409 e. The lowest BCUT2D eigenvalue weighted by atomic mass is 10.2. The van der Waals surface area contributed by atoms with Crippen LogP contribution in [0.1, 0.15) is 25.3 Å². The fraction of sp³-hybridized carbons (Fsp3) is 0.417. The van der Waals surface area contributed by atoms with Gasteiger partial charge in [-0.1, -0.05) is 18.5 Å². The van der Waals surface area contributed by atoms with Gasteiger partial charge in [-0.2, -0.15) is 0 Å². The molecule has 17 heavy (non-hydrogen) atoms. The van der Waals surface area contributed by atoms with Crippen LogP contribution in [0.4, 0.5) is 5.69 Å². The number of amidine groups is 1. The summed E-state index contributed by atoms with van der Waals surface area (Å²) >= 11 is 3.43. The van der Waals surface area contributed by atoms with Gasteiger partial charge < -0.3 is 15.8 Å². The highest BCUT2D eigenvalue weighted by Gasteiger charge is 2.07. The first-order valence-corrected chi connectivity index (χ1v) is 6.38. The molecule has 0 fully saturated rings. The lowest BCUT2D eigenvalue weighted by Gasteiger charge is -2.19. The van der Waals surface area contributed by atoms with Gasteiger partial charge in [0.2, 0.25) is 0 Å². The molecule has 0 amide bonds. The van der Waals surface area contributed by atoms with Crippen molar-refractivity contribution in [1.82, 2.24) is 0 Å². The van der Waals surface area contributed by atoms with E-state index in [1.165, 1.54) is 6.42 Å². The van der Waals surface area contributed by atoms with Crippen molar-refractivity contribution < 1.29 is 5.21 Å². The predicted molar refractivity (Wildman–Crippen MR) is 74.8 cm³/mol. The van der Waals surface area contributed by atoms with Crippen molar-refractivity contribution in [2.75, 3.05) is 18.5 Å². The van der Waals surface area contributed by atoms with Gasteiger partial charge in [-0.3, -0.25) is 0 Å². The molecule has 0 heterocycles. The number of hydrogen-bond donors (Lipinski definition) is 2. The third-order valence-corrected chi connectivity index (χ3v) is 3.28. The Labute approximate surface area is 110 Å². The van der Waals surface area contributed by atoms with E-state index in [4.69, 9.17) is 10.9 Å². The predicted octanol–water partition coefficient (Wildman–Crippen LogP) is 2.78. The number of benzene rings is 1. The molecule has 0 radical (unpaired) electrons. The van der Waals surface area contributed by atoms with Crippen LogP contribution in [0.2, 0.25) is 0 Å². The average molecular weight is 300 g/mol. The Bertz CT molecular complexity index is 407. The summed E-state index contributed by atoms with van der Waals surface area (Å²) < 4.78 is 0.827. The third-order valence-electron chi connectivity index (χ3n) is 2.62. The summed E-state index contributed by atoms with van der Waals surface area (Å²) in [6.45, 7) is 3.19. The van der Waals surface area contributed by atoms with Crippen molar-refractivity contribution >= 4 is 27.5 Å². The third kappa shape index (κ3) is 3.63. The molecule has 94 valence electrons. The van der Waals surface area contributed by atoms with Crippen LogP contribution in [0.25, 0.3) is 0 Å². The van der Waals surface area contributed by atoms with Gasteiger partial charge in [0.25, 0.3) is 0 Å². The molecule has 0 saturated heterocycles. The van der Waals surface area contributed by atoms with Gasteiger partial charge >= 0.3 is 0 Å². The zero-order valence-corrected chi connectivity index (χ0v) is 11.7. The number of anilines is 1. The Morgan fingerprint density at radius 3 is 2.76 bits per heavy atom. The molecule has 4 nitrogen and oxygen atoms in total. The minimum atomic E-state index is 0.111. The highest BCUT2D eigenvalue weighted by Crippen LogP contribution is 2.23. The molecule has 0 aromatic heterocycles. The number of hydrogen-bond acceptors (Lipinski definition) is 3. The van der Waals surface area contributed by atoms with Crippen molar-refractivity contribution in [2.45, 2.75) is 19.8 Å². The number of oxime groups is 1. The molecule has 0 aliphatic heterocycles. The zero-order chi connectivity index (χ0) is 12.8.